The maximum Gasteiger partial charge on any atom is 0.122 e. The maximum atomic E-state index is 9.14. The van der Waals surface area contributed by atoms with Gasteiger partial charge >= 0.3 is 0 Å². The van der Waals surface area contributed by atoms with Crippen LogP contribution in [0.25, 0.3) is 0 Å². The summed E-state index contributed by atoms with van der Waals surface area (Å²) >= 11 is 0. The summed E-state index contributed by atoms with van der Waals surface area (Å²) in [5.41, 5.74) is 1.02. The Bertz CT molecular complexity index is 331. The molecule has 18 heavy (non-hydrogen) atoms. The van der Waals surface area contributed by atoms with E-state index in [4.69, 9.17) is 14.9 Å². The van der Waals surface area contributed by atoms with Gasteiger partial charge in [-0.1, -0.05) is 25.1 Å². The summed E-state index contributed by atoms with van der Waals surface area (Å²) < 4.78 is 5.71. The van der Waals surface area contributed by atoms with Crippen molar-refractivity contribution in [1.82, 2.24) is 5.32 Å². The number of benzene rings is 1. The second kappa shape index (κ2) is 8.91. The van der Waals surface area contributed by atoms with E-state index in [-0.39, 0.29) is 19.3 Å². The molecule has 3 N–H and O–H groups in total. The largest absolute Gasteiger partial charge is 0.493 e. The molecule has 0 aliphatic heterocycles. The minimum absolute atomic E-state index is 0.0833. The van der Waals surface area contributed by atoms with Crippen LogP contribution in [-0.4, -0.2) is 42.6 Å². The lowest BCUT2D eigenvalue weighted by molar-refractivity contribution is 0.209. The van der Waals surface area contributed by atoms with Gasteiger partial charge in [-0.05, 0) is 31.0 Å². The van der Waals surface area contributed by atoms with E-state index in [9.17, 15) is 0 Å². The highest BCUT2D eigenvalue weighted by Gasteiger charge is 2.07. The van der Waals surface area contributed by atoms with Gasteiger partial charge in [0.25, 0.3) is 0 Å². The summed E-state index contributed by atoms with van der Waals surface area (Å²) in [7, 11) is 0. The van der Waals surface area contributed by atoms with Crippen LogP contribution in [0.3, 0.4) is 0 Å². The van der Waals surface area contributed by atoms with Crippen molar-refractivity contribution in [2.24, 2.45) is 0 Å². The predicted octanol–water partition coefficient (Wildman–Crippen LogP) is 0.961. The highest BCUT2D eigenvalue weighted by molar-refractivity contribution is 5.33. The monoisotopic (exact) mass is 253 g/mol. The number of hydrogen-bond acceptors (Lipinski definition) is 4. The van der Waals surface area contributed by atoms with Crippen LogP contribution >= 0.6 is 0 Å². The molecule has 0 aromatic heterocycles. The van der Waals surface area contributed by atoms with Crippen LogP contribution in [0.2, 0.25) is 0 Å². The first-order valence-electron chi connectivity index (χ1n) is 6.47. The molecule has 0 saturated carbocycles. The Balaban J connectivity index is 2.42. The van der Waals surface area contributed by atoms with Gasteiger partial charge in [0.05, 0.1) is 13.2 Å². The average Bonchev–Trinajstić information content (AvgIpc) is 2.40. The van der Waals surface area contributed by atoms with E-state index in [0.29, 0.717) is 13.0 Å². The molecule has 4 heteroatoms. The molecular weight excluding hydrogens is 230 g/mol. The minimum atomic E-state index is 0.0833. The van der Waals surface area contributed by atoms with E-state index < -0.39 is 0 Å². The Morgan fingerprint density at radius 2 is 2.06 bits per heavy atom. The third-order valence-electron chi connectivity index (χ3n) is 2.79. The molecule has 102 valence electrons. The molecule has 0 saturated heterocycles. The molecule has 1 atom stereocenters. The number of hydrogen-bond donors (Lipinski definition) is 3. The normalized spacial score (nSPS) is 12.4. The van der Waals surface area contributed by atoms with Gasteiger partial charge < -0.3 is 20.3 Å². The third-order valence-corrected chi connectivity index (χ3v) is 2.79. The van der Waals surface area contributed by atoms with Crippen molar-refractivity contribution in [3.63, 3.8) is 0 Å². The van der Waals surface area contributed by atoms with Crippen molar-refractivity contribution in [3.8, 4) is 5.75 Å². The zero-order valence-corrected chi connectivity index (χ0v) is 10.9. The van der Waals surface area contributed by atoms with Crippen LogP contribution in [-0.2, 0) is 6.42 Å². The lowest BCUT2D eigenvalue weighted by Gasteiger charge is -2.16. The second-order valence-electron chi connectivity index (χ2n) is 4.16. The summed E-state index contributed by atoms with van der Waals surface area (Å²) in [6.07, 6.45) is 1.37. The lowest BCUT2D eigenvalue weighted by Crippen LogP contribution is -2.33. The second-order valence-corrected chi connectivity index (χ2v) is 4.16. The molecule has 1 unspecified atom stereocenters. The average molecular weight is 253 g/mol. The fraction of sp³-hybridized carbons (Fsp3) is 0.571. The van der Waals surface area contributed by atoms with Gasteiger partial charge in [0.2, 0.25) is 0 Å². The smallest absolute Gasteiger partial charge is 0.122 e. The predicted molar refractivity (Wildman–Crippen MR) is 71.9 cm³/mol. The molecule has 0 radical (unpaired) electrons. The Kier molecular flexibility index (Phi) is 7.41. The van der Waals surface area contributed by atoms with E-state index >= 15 is 0 Å². The highest BCUT2D eigenvalue weighted by Crippen LogP contribution is 2.18. The van der Waals surface area contributed by atoms with Gasteiger partial charge in [-0.25, -0.2) is 0 Å². The molecule has 0 amide bonds. The van der Waals surface area contributed by atoms with E-state index in [0.717, 1.165) is 24.3 Å². The molecule has 1 aromatic rings. The first kappa shape index (κ1) is 15.0. The molecule has 0 bridgehead atoms. The van der Waals surface area contributed by atoms with Gasteiger partial charge in [-0.2, -0.15) is 0 Å². The van der Waals surface area contributed by atoms with Gasteiger partial charge in [0.1, 0.15) is 5.75 Å². The van der Waals surface area contributed by atoms with Gasteiger partial charge in [0.15, 0.2) is 0 Å². The number of rotatable bonds is 9. The Morgan fingerprint density at radius 3 is 2.72 bits per heavy atom. The molecule has 4 nitrogen and oxygen atoms in total. The van der Waals surface area contributed by atoms with Crippen LogP contribution in [0.4, 0.5) is 0 Å². The van der Waals surface area contributed by atoms with Gasteiger partial charge in [-0.15, -0.1) is 0 Å². The Labute approximate surface area is 109 Å². The third kappa shape index (κ3) is 5.04. The van der Waals surface area contributed by atoms with Crippen molar-refractivity contribution in [2.75, 3.05) is 26.4 Å². The number of ether oxygens (including phenoxy) is 1. The standard InChI is InChI=1S/C14H23NO3/c1-2-15-13(11-17)8-10-18-14-6-4-3-5-12(14)7-9-16/h3-6,13,15-17H,2,7-11H2,1H3. The van der Waals surface area contributed by atoms with Crippen LogP contribution in [0.15, 0.2) is 24.3 Å². The van der Waals surface area contributed by atoms with E-state index in [1.807, 2.05) is 31.2 Å². The van der Waals surface area contributed by atoms with Gasteiger partial charge in [-0.3, -0.25) is 0 Å². The quantitative estimate of drug-likeness (QED) is 0.613. The first-order valence-corrected chi connectivity index (χ1v) is 6.47. The highest BCUT2D eigenvalue weighted by atomic mass is 16.5. The molecule has 1 aromatic carbocycles. The van der Waals surface area contributed by atoms with Crippen LogP contribution in [0.5, 0.6) is 5.75 Å². The summed E-state index contributed by atoms with van der Waals surface area (Å²) in [6, 6.07) is 7.81. The number of aliphatic hydroxyl groups excluding tert-OH is 2. The fourth-order valence-electron chi connectivity index (χ4n) is 1.83. The Morgan fingerprint density at radius 1 is 1.28 bits per heavy atom. The van der Waals surface area contributed by atoms with Crippen molar-refractivity contribution >= 4 is 0 Å². The van der Waals surface area contributed by atoms with Crippen LogP contribution in [0, 0.1) is 0 Å². The molecular formula is C14H23NO3. The fourth-order valence-corrected chi connectivity index (χ4v) is 1.83. The van der Waals surface area contributed by atoms with Crippen molar-refractivity contribution in [1.29, 1.82) is 0 Å². The molecule has 0 heterocycles. The molecule has 0 spiro atoms. The summed E-state index contributed by atoms with van der Waals surface area (Å²) in [5, 5.41) is 21.3. The topological polar surface area (TPSA) is 61.7 Å². The maximum absolute atomic E-state index is 9.14. The molecule has 0 aliphatic carbocycles. The summed E-state index contributed by atoms with van der Waals surface area (Å²) in [5.74, 6) is 0.819. The zero-order chi connectivity index (χ0) is 13.2. The van der Waals surface area contributed by atoms with Crippen LogP contribution < -0.4 is 10.1 Å². The van der Waals surface area contributed by atoms with Crippen molar-refractivity contribution < 1.29 is 14.9 Å². The van der Waals surface area contributed by atoms with E-state index in [1.165, 1.54) is 0 Å². The van der Waals surface area contributed by atoms with Crippen molar-refractivity contribution in [3.05, 3.63) is 29.8 Å². The van der Waals surface area contributed by atoms with E-state index in [2.05, 4.69) is 5.32 Å². The summed E-state index contributed by atoms with van der Waals surface area (Å²) in [6.45, 7) is 3.65. The Hall–Kier alpha value is -1.10. The minimum Gasteiger partial charge on any atom is -0.493 e. The molecule has 0 fully saturated rings. The van der Waals surface area contributed by atoms with E-state index in [1.54, 1.807) is 0 Å². The number of para-hydroxylation sites is 1. The van der Waals surface area contributed by atoms with Crippen molar-refractivity contribution in [2.45, 2.75) is 25.8 Å². The number of nitrogens with one attached hydrogen (secondary N) is 1. The van der Waals surface area contributed by atoms with Crippen LogP contribution in [0.1, 0.15) is 18.9 Å². The SMILES string of the molecule is CCNC(CO)CCOc1ccccc1CCO. The lowest BCUT2D eigenvalue weighted by atomic mass is 10.1. The van der Waals surface area contributed by atoms with Gasteiger partial charge in [0, 0.05) is 12.6 Å². The first-order chi connectivity index (χ1) is 8.81. The zero-order valence-electron chi connectivity index (χ0n) is 10.9. The summed E-state index contributed by atoms with van der Waals surface area (Å²) in [4.78, 5) is 0. The number of likely N-dealkylation sites (N-methyl/N-ethyl adjacent to an activating group) is 1. The molecule has 0 aliphatic rings. The number of aliphatic hydroxyl groups is 2. The molecule has 1 rings (SSSR count).